The summed E-state index contributed by atoms with van der Waals surface area (Å²) in [4.78, 5) is 11.7. The van der Waals surface area contributed by atoms with Crippen molar-refractivity contribution in [1.29, 1.82) is 5.26 Å². The highest BCUT2D eigenvalue weighted by molar-refractivity contribution is 5.89. The SMILES string of the molecule is COc1ccccc1-c1nn(Cc2ccccc2)cc1/C=C/C(=O)OCC#N. The molecule has 0 atom stereocenters. The number of rotatable bonds is 7. The Morgan fingerprint density at radius 3 is 2.68 bits per heavy atom. The summed E-state index contributed by atoms with van der Waals surface area (Å²) in [5.74, 6) is 0.109. The molecule has 0 saturated carbocycles. The molecule has 1 aromatic heterocycles. The third-order valence-electron chi connectivity index (χ3n) is 4.02. The molecule has 0 bridgehead atoms. The van der Waals surface area contributed by atoms with E-state index in [0.29, 0.717) is 18.0 Å². The number of hydrogen-bond acceptors (Lipinski definition) is 5. The fourth-order valence-electron chi connectivity index (χ4n) is 2.77. The van der Waals surface area contributed by atoms with Crippen molar-refractivity contribution < 1.29 is 14.3 Å². The molecule has 140 valence electrons. The van der Waals surface area contributed by atoms with Gasteiger partial charge in [0.25, 0.3) is 0 Å². The van der Waals surface area contributed by atoms with Crippen molar-refractivity contribution in [3.8, 4) is 23.1 Å². The average Bonchev–Trinajstić information content (AvgIpc) is 3.13. The molecule has 2 aromatic carbocycles. The van der Waals surface area contributed by atoms with E-state index >= 15 is 0 Å². The largest absolute Gasteiger partial charge is 0.496 e. The third-order valence-corrected chi connectivity index (χ3v) is 4.02. The summed E-state index contributed by atoms with van der Waals surface area (Å²) < 4.78 is 12.0. The summed E-state index contributed by atoms with van der Waals surface area (Å²) in [5, 5.41) is 13.2. The first kappa shape index (κ1) is 18.9. The lowest BCUT2D eigenvalue weighted by Gasteiger charge is -2.06. The molecule has 28 heavy (non-hydrogen) atoms. The minimum atomic E-state index is -0.580. The van der Waals surface area contributed by atoms with Crippen LogP contribution >= 0.6 is 0 Å². The lowest BCUT2D eigenvalue weighted by molar-refractivity contribution is -0.136. The van der Waals surface area contributed by atoms with E-state index in [1.807, 2.05) is 65.5 Å². The Morgan fingerprint density at radius 1 is 1.18 bits per heavy atom. The van der Waals surface area contributed by atoms with E-state index in [0.717, 1.165) is 16.7 Å². The van der Waals surface area contributed by atoms with Gasteiger partial charge >= 0.3 is 5.97 Å². The smallest absolute Gasteiger partial charge is 0.331 e. The lowest BCUT2D eigenvalue weighted by Crippen LogP contribution is -2.00. The molecule has 0 radical (unpaired) electrons. The number of benzene rings is 2. The van der Waals surface area contributed by atoms with Crippen LogP contribution in [-0.4, -0.2) is 29.5 Å². The van der Waals surface area contributed by atoms with Gasteiger partial charge in [-0.15, -0.1) is 0 Å². The van der Waals surface area contributed by atoms with Gasteiger partial charge in [0, 0.05) is 23.4 Å². The number of aromatic nitrogens is 2. The zero-order valence-electron chi connectivity index (χ0n) is 15.4. The molecule has 0 N–H and O–H groups in total. The van der Waals surface area contributed by atoms with Crippen LogP contribution in [0.3, 0.4) is 0 Å². The molecule has 6 heteroatoms. The number of ether oxygens (including phenoxy) is 2. The van der Waals surface area contributed by atoms with Crippen LogP contribution in [0.1, 0.15) is 11.1 Å². The first-order valence-corrected chi connectivity index (χ1v) is 8.68. The van der Waals surface area contributed by atoms with Crippen molar-refractivity contribution >= 4 is 12.0 Å². The second-order valence-corrected chi connectivity index (χ2v) is 5.92. The molecule has 0 saturated heterocycles. The number of para-hydroxylation sites is 1. The second-order valence-electron chi connectivity index (χ2n) is 5.92. The topological polar surface area (TPSA) is 77.1 Å². The van der Waals surface area contributed by atoms with Crippen molar-refractivity contribution in [1.82, 2.24) is 9.78 Å². The van der Waals surface area contributed by atoms with Crippen LogP contribution in [0.4, 0.5) is 0 Å². The fraction of sp³-hybridized carbons (Fsp3) is 0.136. The summed E-state index contributed by atoms with van der Waals surface area (Å²) in [5.41, 5.74) is 3.37. The molecule has 0 fully saturated rings. The first-order valence-electron chi connectivity index (χ1n) is 8.68. The van der Waals surface area contributed by atoms with E-state index in [9.17, 15) is 4.79 Å². The molecule has 3 rings (SSSR count). The summed E-state index contributed by atoms with van der Waals surface area (Å²) >= 11 is 0. The zero-order valence-corrected chi connectivity index (χ0v) is 15.4. The molecular formula is C22H19N3O3. The van der Waals surface area contributed by atoms with E-state index in [4.69, 9.17) is 19.8 Å². The van der Waals surface area contributed by atoms with Gasteiger partial charge in [0.05, 0.1) is 13.7 Å². The van der Waals surface area contributed by atoms with Crippen molar-refractivity contribution in [3.05, 3.63) is 78.0 Å². The Balaban J connectivity index is 1.97. The van der Waals surface area contributed by atoms with Gasteiger partial charge in [-0.1, -0.05) is 42.5 Å². The molecule has 0 spiro atoms. The molecule has 0 aliphatic carbocycles. The summed E-state index contributed by atoms with van der Waals surface area (Å²) in [6.45, 7) is 0.311. The molecule has 0 aliphatic heterocycles. The van der Waals surface area contributed by atoms with Crippen LogP contribution in [-0.2, 0) is 16.1 Å². The Labute approximate surface area is 163 Å². The average molecular weight is 373 g/mol. The predicted octanol–water partition coefficient (Wildman–Crippen LogP) is 3.69. The van der Waals surface area contributed by atoms with E-state index in [1.165, 1.54) is 6.08 Å². The van der Waals surface area contributed by atoms with Crippen LogP contribution in [0, 0.1) is 11.3 Å². The number of nitriles is 1. The number of nitrogens with zero attached hydrogens (tertiary/aromatic N) is 3. The van der Waals surface area contributed by atoms with Crippen LogP contribution in [0.5, 0.6) is 5.75 Å². The van der Waals surface area contributed by atoms with Crippen molar-refractivity contribution in [3.63, 3.8) is 0 Å². The lowest BCUT2D eigenvalue weighted by atomic mass is 10.1. The monoisotopic (exact) mass is 373 g/mol. The Kier molecular flexibility index (Phi) is 6.21. The highest BCUT2D eigenvalue weighted by Crippen LogP contribution is 2.31. The van der Waals surface area contributed by atoms with Gasteiger partial charge in [-0.3, -0.25) is 4.68 Å². The van der Waals surface area contributed by atoms with Gasteiger partial charge in [-0.25, -0.2) is 4.79 Å². The van der Waals surface area contributed by atoms with E-state index < -0.39 is 5.97 Å². The minimum Gasteiger partial charge on any atom is -0.496 e. The predicted molar refractivity (Wildman–Crippen MR) is 105 cm³/mol. The van der Waals surface area contributed by atoms with Crippen LogP contribution < -0.4 is 4.74 Å². The quantitative estimate of drug-likeness (QED) is 0.466. The zero-order chi connectivity index (χ0) is 19.8. The molecule has 3 aromatic rings. The van der Waals surface area contributed by atoms with Crippen LogP contribution in [0.15, 0.2) is 66.9 Å². The van der Waals surface area contributed by atoms with Gasteiger partial charge in [0.15, 0.2) is 6.61 Å². The third kappa shape index (κ3) is 4.65. The van der Waals surface area contributed by atoms with Crippen LogP contribution in [0.25, 0.3) is 17.3 Å². The number of carbonyl (C=O) groups is 1. The summed E-state index contributed by atoms with van der Waals surface area (Å²) in [6.07, 6.45) is 4.79. The summed E-state index contributed by atoms with van der Waals surface area (Å²) in [7, 11) is 1.61. The Hall–Kier alpha value is -3.85. The van der Waals surface area contributed by atoms with E-state index in [-0.39, 0.29) is 6.61 Å². The van der Waals surface area contributed by atoms with E-state index in [2.05, 4.69) is 0 Å². The van der Waals surface area contributed by atoms with Gasteiger partial charge in [0.1, 0.15) is 17.5 Å². The number of carbonyl (C=O) groups excluding carboxylic acids is 1. The maximum absolute atomic E-state index is 11.7. The summed E-state index contributed by atoms with van der Waals surface area (Å²) in [6, 6.07) is 19.3. The van der Waals surface area contributed by atoms with Gasteiger partial charge in [-0.2, -0.15) is 10.4 Å². The van der Waals surface area contributed by atoms with Gasteiger partial charge < -0.3 is 9.47 Å². The maximum Gasteiger partial charge on any atom is 0.331 e. The number of hydrogen-bond donors (Lipinski definition) is 0. The number of esters is 1. The highest BCUT2D eigenvalue weighted by atomic mass is 16.5. The molecule has 0 unspecified atom stereocenters. The normalized spacial score (nSPS) is 10.6. The maximum atomic E-state index is 11.7. The molecule has 1 heterocycles. The second kappa shape index (κ2) is 9.19. The molecular weight excluding hydrogens is 354 g/mol. The van der Waals surface area contributed by atoms with Gasteiger partial charge in [-0.05, 0) is 23.8 Å². The Morgan fingerprint density at radius 2 is 1.93 bits per heavy atom. The fourth-order valence-corrected chi connectivity index (χ4v) is 2.77. The van der Waals surface area contributed by atoms with Gasteiger partial charge in [0.2, 0.25) is 0 Å². The Bertz CT molecular complexity index is 1020. The van der Waals surface area contributed by atoms with Crippen molar-refractivity contribution in [2.24, 2.45) is 0 Å². The molecule has 0 amide bonds. The van der Waals surface area contributed by atoms with Crippen molar-refractivity contribution in [2.75, 3.05) is 13.7 Å². The highest BCUT2D eigenvalue weighted by Gasteiger charge is 2.14. The minimum absolute atomic E-state index is 0.282. The standard InChI is InChI=1S/C22H19N3O3/c1-27-20-10-6-5-9-19(20)22-18(11-12-21(26)28-14-13-23)16-25(24-22)15-17-7-3-2-4-8-17/h2-12,16H,14-15H2,1H3/b12-11+. The number of methoxy groups -OCH3 is 1. The molecule has 6 nitrogen and oxygen atoms in total. The first-order chi connectivity index (χ1) is 13.7. The molecule has 0 aliphatic rings. The van der Waals surface area contributed by atoms with Crippen LogP contribution in [0.2, 0.25) is 0 Å². The van der Waals surface area contributed by atoms with E-state index in [1.54, 1.807) is 19.3 Å². The van der Waals surface area contributed by atoms with Crippen molar-refractivity contribution in [2.45, 2.75) is 6.54 Å².